The van der Waals surface area contributed by atoms with Gasteiger partial charge in [-0.3, -0.25) is 9.20 Å². The molecule has 4 rings (SSSR count). The molecule has 0 bridgehead atoms. The van der Waals surface area contributed by atoms with Crippen LogP contribution in [0, 0.1) is 18.7 Å². The lowest BCUT2D eigenvalue weighted by Crippen LogP contribution is -2.27. The monoisotopic (exact) mass is 392 g/mol. The molecule has 0 aliphatic heterocycles. The fraction of sp³-hybridized carbons (Fsp3) is 0.238. The van der Waals surface area contributed by atoms with Crippen molar-refractivity contribution >= 4 is 34.1 Å². The molecule has 4 aromatic rings. The molecular formula is C21H21FN6O. The number of anilines is 2. The van der Waals surface area contributed by atoms with E-state index in [9.17, 15) is 9.18 Å². The highest BCUT2D eigenvalue weighted by molar-refractivity contribution is 5.84. The van der Waals surface area contributed by atoms with Crippen molar-refractivity contribution in [2.75, 3.05) is 5.32 Å². The van der Waals surface area contributed by atoms with Gasteiger partial charge in [0.15, 0.2) is 5.82 Å². The molecular weight excluding hydrogens is 371 g/mol. The molecule has 148 valence electrons. The Morgan fingerprint density at radius 2 is 1.97 bits per heavy atom. The summed E-state index contributed by atoms with van der Waals surface area (Å²) in [5.41, 5.74) is 3.31. The second kappa shape index (κ2) is 7.46. The highest BCUT2D eigenvalue weighted by atomic mass is 19.1. The quantitative estimate of drug-likeness (QED) is 0.541. The lowest BCUT2D eigenvalue weighted by Gasteiger charge is -2.12. The third kappa shape index (κ3) is 3.61. The van der Waals surface area contributed by atoms with Crippen molar-refractivity contribution in [2.24, 2.45) is 5.92 Å². The zero-order chi connectivity index (χ0) is 20.5. The Hall–Kier alpha value is -3.55. The standard InChI is InChI=1S/C21H21FN6O/c1-12(2)21(29)23-11-14-10-15(8-9-16(14)22)24-19-20-27-26-13(3)28(20)18-7-5-4-6-17(18)25-19/h4-10,12H,11H2,1-3H3,(H,23,29)(H,24,25). The van der Waals surface area contributed by atoms with E-state index in [0.717, 1.165) is 16.9 Å². The minimum atomic E-state index is -0.380. The van der Waals surface area contributed by atoms with Crippen LogP contribution in [-0.2, 0) is 11.3 Å². The van der Waals surface area contributed by atoms with Gasteiger partial charge in [-0.2, -0.15) is 0 Å². The molecule has 0 saturated carbocycles. The van der Waals surface area contributed by atoms with Crippen LogP contribution in [-0.4, -0.2) is 25.5 Å². The zero-order valence-corrected chi connectivity index (χ0v) is 16.4. The summed E-state index contributed by atoms with van der Waals surface area (Å²) in [6.45, 7) is 5.58. The first-order valence-electron chi connectivity index (χ1n) is 9.37. The fourth-order valence-electron chi connectivity index (χ4n) is 3.12. The van der Waals surface area contributed by atoms with E-state index >= 15 is 0 Å². The second-order valence-electron chi connectivity index (χ2n) is 7.16. The fourth-order valence-corrected chi connectivity index (χ4v) is 3.12. The third-order valence-corrected chi connectivity index (χ3v) is 4.68. The first-order valence-corrected chi connectivity index (χ1v) is 9.37. The van der Waals surface area contributed by atoms with Crippen LogP contribution in [0.15, 0.2) is 42.5 Å². The molecule has 0 saturated heterocycles. The maximum Gasteiger partial charge on any atom is 0.222 e. The number of rotatable bonds is 5. The van der Waals surface area contributed by atoms with Gasteiger partial charge in [-0.25, -0.2) is 9.37 Å². The molecule has 1 amide bonds. The smallest absolute Gasteiger partial charge is 0.222 e. The summed E-state index contributed by atoms with van der Waals surface area (Å²) < 4.78 is 16.1. The van der Waals surface area contributed by atoms with Gasteiger partial charge in [0, 0.05) is 23.7 Å². The minimum absolute atomic E-state index is 0.114. The number of nitrogens with one attached hydrogen (secondary N) is 2. The summed E-state index contributed by atoms with van der Waals surface area (Å²) in [6.07, 6.45) is 0. The van der Waals surface area contributed by atoms with E-state index in [1.54, 1.807) is 26.0 Å². The molecule has 0 radical (unpaired) electrons. The second-order valence-corrected chi connectivity index (χ2v) is 7.16. The Labute approximate surface area is 167 Å². The predicted octanol–water partition coefficient (Wildman–Crippen LogP) is 3.74. The number of hydrogen-bond donors (Lipinski definition) is 2. The van der Waals surface area contributed by atoms with Crippen molar-refractivity contribution in [3.8, 4) is 0 Å². The SMILES string of the molecule is Cc1nnc2c(Nc3ccc(F)c(CNC(=O)C(C)C)c3)nc3ccccc3n12. The number of benzene rings is 2. The normalized spacial score (nSPS) is 11.3. The average Bonchev–Trinajstić information content (AvgIpc) is 3.10. The number of nitrogens with zero attached hydrogens (tertiary/aromatic N) is 4. The third-order valence-electron chi connectivity index (χ3n) is 4.68. The van der Waals surface area contributed by atoms with Gasteiger partial charge >= 0.3 is 0 Å². The lowest BCUT2D eigenvalue weighted by molar-refractivity contribution is -0.124. The van der Waals surface area contributed by atoms with Gasteiger partial charge in [0.1, 0.15) is 11.6 Å². The number of aromatic nitrogens is 4. The van der Waals surface area contributed by atoms with E-state index in [0.29, 0.717) is 22.7 Å². The first kappa shape index (κ1) is 18.8. The highest BCUT2D eigenvalue weighted by Gasteiger charge is 2.14. The van der Waals surface area contributed by atoms with Crippen LogP contribution in [0.5, 0.6) is 0 Å². The maximum absolute atomic E-state index is 14.2. The summed E-state index contributed by atoms with van der Waals surface area (Å²) in [4.78, 5) is 16.5. The van der Waals surface area contributed by atoms with Crippen molar-refractivity contribution in [3.63, 3.8) is 0 Å². The molecule has 0 aliphatic rings. The largest absolute Gasteiger partial charge is 0.352 e. The Balaban J connectivity index is 1.69. The summed E-state index contributed by atoms with van der Waals surface area (Å²) in [7, 11) is 0. The molecule has 2 N–H and O–H groups in total. The van der Waals surface area contributed by atoms with E-state index in [2.05, 4.69) is 25.8 Å². The topological polar surface area (TPSA) is 84.2 Å². The summed E-state index contributed by atoms with van der Waals surface area (Å²) in [5.74, 6) is 0.602. The average molecular weight is 392 g/mol. The molecule has 2 aromatic heterocycles. The van der Waals surface area contributed by atoms with Crippen LogP contribution < -0.4 is 10.6 Å². The van der Waals surface area contributed by atoms with Gasteiger partial charge in [0.25, 0.3) is 0 Å². The summed E-state index contributed by atoms with van der Waals surface area (Å²) >= 11 is 0. The Bertz CT molecular complexity index is 1220. The molecule has 2 heterocycles. The van der Waals surface area contributed by atoms with Gasteiger partial charge in [-0.15, -0.1) is 10.2 Å². The Morgan fingerprint density at radius 1 is 1.17 bits per heavy atom. The summed E-state index contributed by atoms with van der Waals surface area (Å²) in [5, 5.41) is 14.4. The van der Waals surface area contributed by atoms with E-state index in [-0.39, 0.29) is 24.2 Å². The number of carbonyl (C=O) groups is 1. The molecule has 0 fully saturated rings. The van der Waals surface area contributed by atoms with E-state index in [4.69, 9.17) is 0 Å². The van der Waals surface area contributed by atoms with Crippen molar-refractivity contribution in [1.82, 2.24) is 24.9 Å². The number of aryl methyl sites for hydroxylation is 1. The van der Waals surface area contributed by atoms with Gasteiger partial charge in [0.2, 0.25) is 11.6 Å². The van der Waals surface area contributed by atoms with Gasteiger partial charge in [-0.05, 0) is 37.3 Å². The van der Waals surface area contributed by atoms with Crippen LogP contribution in [0.1, 0.15) is 25.2 Å². The molecule has 2 aromatic carbocycles. The molecule has 29 heavy (non-hydrogen) atoms. The Kier molecular flexibility index (Phi) is 4.84. The van der Waals surface area contributed by atoms with E-state index in [1.165, 1.54) is 6.07 Å². The number of amides is 1. The molecule has 7 nitrogen and oxygen atoms in total. The van der Waals surface area contributed by atoms with Crippen LogP contribution in [0.3, 0.4) is 0 Å². The first-order chi connectivity index (χ1) is 13.9. The van der Waals surface area contributed by atoms with Crippen LogP contribution in [0.4, 0.5) is 15.9 Å². The van der Waals surface area contributed by atoms with Crippen LogP contribution >= 0.6 is 0 Å². The Morgan fingerprint density at radius 3 is 2.76 bits per heavy atom. The number of carbonyl (C=O) groups excluding carboxylic acids is 1. The highest BCUT2D eigenvalue weighted by Crippen LogP contribution is 2.25. The molecule has 0 spiro atoms. The van der Waals surface area contributed by atoms with Crippen molar-refractivity contribution < 1.29 is 9.18 Å². The van der Waals surface area contributed by atoms with Crippen LogP contribution in [0.2, 0.25) is 0 Å². The molecule has 0 unspecified atom stereocenters. The maximum atomic E-state index is 14.2. The molecule has 0 atom stereocenters. The van der Waals surface area contributed by atoms with Gasteiger partial charge in [0.05, 0.1) is 11.0 Å². The van der Waals surface area contributed by atoms with E-state index in [1.807, 2.05) is 35.6 Å². The van der Waals surface area contributed by atoms with Crippen molar-refractivity contribution in [1.29, 1.82) is 0 Å². The number of para-hydroxylation sites is 2. The number of halogens is 1. The van der Waals surface area contributed by atoms with Crippen molar-refractivity contribution in [2.45, 2.75) is 27.3 Å². The summed E-state index contributed by atoms with van der Waals surface area (Å²) in [6, 6.07) is 12.4. The number of fused-ring (bicyclic) bond motifs is 3. The molecule has 8 heteroatoms. The predicted molar refractivity (Wildman–Crippen MR) is 109 cm³/mol. The minimum Gasteiger partial charge on any atom is -0.352 e. The van der Waals surface area contributed by atoms with Crippen molar-refractivity contribution in [3.05, 3.63) is 59.7 Å². The lowest BCUT2D eigenvalue weighted by atomic mass is 10.1. The zero-order valence-electron chi connectivity index (χ0n) is 16.4. The molecule has 0 aliphatic carbocycles. The number of hydrogen-bond acceptors (Lipinski definition) is 5. The van der Waals surface area contributed by atoms with Gasteiger partial charge in [-0.1, -0.05) is 26.0 Å². The van der Waals surface area contributed by atoms with Gasteiger partial charge < -0.3 is 10.6 Å². The van der Waals surface area contributed by atoms with Crippen LogP contribution in [0.25, 0.3) is 16.7 Å². The van der Waals surface area contributed by atoms with E-state index < -0.39 is 0 Å².